The molecule has 2 rings (SSSR count). The molecule has 1 aromatic heterocycles. The average molecular weight is 269 g/mol. The van der Waals surface area contributed by atoms with Gasteiger partial charge in [0.2, 0.25) is 0 Å². The summed E-state index contributed by atoms with van der Waals surface area (Å²) >= 11 is 5.77. The zero-order valence-corrected chi connectivity index (χ0v) is 10.3. The van der Waals surface area contributed by atoms with Crippen molar-refractivity contribution in [2.75, 3.05) is 13.1 Å². The Balaban J connectivity index is 2.15. The summed E-state index contributed by atoms with van der Waals surface area (Å²) in [5.41, 5.74) is 0.535. The van der Waals surface area contributed by atoms with Crippen LogP contribution in [0, 0.1) is 11.8 Å². The number of hydrogen-bond acceptors (Lipinski definition) is 2. The fourth-order valence-electron chi connectivity index (χ4n) is 1.61. The number of alkyl halides is 2. The number of allylic oxidation sites excluding steroid dienone is 1. The van der Waals surface area contributed by atoms with E-state index >= 15 is 0 Å². The van der Waals surface area contributed by atoms with Crippen molar-refractivity contribution >= 4 is 11.6 Å². The molecule has 0 unspecified atom stereocenters. The molecule has 94 valence electrons. The van der Waals surface area contributed by atoms with E-state index in [-0.39, 0.29) is 12.1 Å². The maximum Gasteiger partial charge on any atom is 0.282 e. The van der Waals surface area contributed by atoms with Crippen LogP contribution in [0.2, 0.25) is 5.02 Å². The Morgan fingerprint density at radius 3 is 3.06 bits per heavy atom. The Morgan fingerprint density at radius 2 is 2.33 bits per heavy atom. The largest absolute Gasteiger partial charge is 0.311 e. The van der Waals surface area contributed by atoms with Gasteiger partial charge in [0, 0.05) is 16.8 Å². The van der Waals surface area contributed by atoms with E-state index in [0.717, 1.165) is 0 Å². The van der Waals surface area contributed by atoms with Crippen LogP contribution in [0.25, 0.3) is 0 Å². The van der Waals surface area contributed by atoms with Crippen LogP contribution in [0.3, 0.4) is 0 Å². The van der Waals surface area contributed by atoms with Gasteiger partial charge < -0.3 is 5.32 Å². The van der Waals surface area contributed by atoms with Crippen molar-refractivity contribution in [1.82, 2.24) is 10.3 Å². The van der Waals surface area contributed by atoms with Gasteiger partial charge in [-0.25, -0.2) is 13.8 Å². The van der Waals surface area contributed by atoms with Crippen LogP contribution < -0.4 is 5.32 Å². The average Bonchev–Trinajstić information content (AvgIpc) is 2.31. The molecule has 1 aliphatic rings. The zero-order valence-electron chi connectivity index (χ0n) is 9.51. The van der Waals surface area contributed by atoms with Crippen molar-refractivity contribution in [3.8, 4) is 11.8 Å². The Bertz CT molecular complexity index is 529. The highest BCUT2D eigenvalue weighted by Gasteiger charge is 2.35. The highest BCUT2D eigenvalue weighted by atomic mass is 35.5. The molecule has 0 bridgehead atoms. The standard InChI is InChI=1S/C13H11ClF2N2/c14-11-5-7-18-12(8-11)3-1-2-10-4-6-17-9-13(10,15)16/h2,5,7-8,17H,4,6,9H2/b10-2+. The normalized spacial score (nSPS) is 20.3. The Labute approximate surface area is 109 Å². The quantitative estimate of drug-likeness (QED) is 0.732. The molecule has 18 heavy (non-hydrogen) atoms. The third-order valence-electron chi connectivity index (χ3n) is 2.56. The van der Waals surface area contributed by atoms with Gasteiger partial charge in [0.25, 0.3) is 5.92 Å². The summed E-state index contributed by atoms with van der Waals surface area (Å²) in [5, 5.41) is 3.17. The number of nitrogens with one attached hydrogen (secondary N) is 1. The summed E-state index contributed by atoms with van der Waals surface area (Å²) in [4.78, 5) is 3.97. The lowest BCUT2D eigenvalue weighted by atomic mass is 10.0. The van der Waals surface area contributed by atoms with E-state index in [1.807, 2.05) is 0 Å². The van der Waals surface area contributed by atoms with Crippen molar-refractivity contribution in [3.05, 3.63) is 40.7 Å². The number of piperidine rings is 1. The summed E-state index contributed by atoms with van der Waals surface area (Å²) in [6.07, 6.45) is 3.12. The molecule has 0 atom stereocenters. The Hall–Kier alpha value is -1.44. The van der Waals surface area contributed by atoms with Crippen LogP contribution in [0.1, 0.15) is 12.1 Å². The van der Waals surface area contributed by atoms with Gasteiger partial charge in [0.05, 0.1) is 6.54 Å². The lowest BCUT2D eigenvalue weighted by Crippen LogP contribution is -2.40. The lowest BCUT2D eigenvalue weighted by molar-refractivity contribution is 0.0285. The summed E-state index contributed by atoms with van der Waals surface area (Å²) in [7, 11) is 0. The third kappa shape index (κ3) is 3.28. The predicted molar refractivity (Wildman–Crippen MR) is 66.6 cm³/mol. The maximum absolute atomic E-state index is 13.4. The number of aromatic nitrogens is 1. The van der Waals surface area contributed by atoms with Crippen LogP contribution in [-0.4, -0.2) is 24.0 Å². The minimum Gasteiger partial charge on any atom is -0.311 e. The highest BCUT2D eigenvalue weighted by Crippen LogP contribution is 2.28. The molecule has 1 fully saturated rings. The number of rotatable bonds is 0. The number of nitrogens with zero attached hydrogens (tertiary/aromatic N) is 1. The monoisotopic (exact) mass is 268 g/mol. The van der Waals surface area contributed by atoms with Gasteiger partial charge in [-0.3, -0.25) is 0 Å². The molecule has 1 N–H and O–H groups in total. The van der Waals surface area contributed by atoms with Gasteiger partial charge in [-0.1, -0.05) is 17.5 Å². The van der Waals surface area contributed by atoms with Crippen molar-refractivity contribution in [2.24, 2.45) is 0 Å². The summed E-state index contributed by atoms with van der Waals surface area (Å²) < 4.78 is 26.8. The number of halogens is 3. The second kappa shape index (κ2) is 5.47. The van der Waals surface area contributed by atoms with E-state index in [4.69, 9.17) is 11.6 Å². The Kier molecular flexibility index (Phi) is 3.95. The van der Waals surface area contributed by atoms with Gasteiger partial charge in [-0.2, -0.15) is 0 Å². The molecule has 0 radical (unpaired) electrons. The number of pyridine rings is 1. The molecular formula is C13H11ClF2N2. The van der Waals surface area contributed by atoms with Crippen LogP contribution in [-0.2, 0) is 0 Å². The number of hydrogen-bond donors (Lipinski definition) is 1. The molecule has 1 aliphatic heterocycles. The first-order chi connectivity index (χ1) is 8.58. The van der Waals surface area contributed by atoms with Gasteiger partial charge >= 0.3 is 0 Å². The molecule has 2 heterocycles. The van der Waals surface area contributed by atoms with E-state index in [1.54, 1.807) is 12.1 Å². The van der Waals surface area contributed by atoms with E-state index in [0.29, 0.717) is 23.7 Å². The molecule has 0 aliphatic carbocycles. The first kappa shape index (κ1) is 13.0. The van der Waals surface area contributed by atoms with Crippen molar-refractivity contribution in [2.45, 2.75) is 12.3 Å². The summed E-state index contributed by atoms with van der Waals surface area (Å²) in [5.74, 6) is 2.50. The van der Waals surface area contributed by atoms with E-state index < -0.39 is 5.92 Å². The lowest BCUT2D eigenvalue weighted by Gasteiger charge is -2.25. The summed E-state index contributed by atoms with van der Waals surface area (Å²) in [6, 6.07) is 3.22. The van der Waals surface area contributed by atoms with Gasteiger partial charge in [0.15, 0.2) is 0 Å². The highest BCUT2D eigenvalue weighted by molar-refractivity contribution is 6.30. The van der Waals surface area contributed by atoms with Crippen molar-refractivity contribution < 1.29 is 8.78 Å². The van der Waals surface area contributed by atoms with E-state index in [2.05, 4.69) is 22.1 Å². The van der Waals surface area contributed by atoms with Gasteiger partial charge in [-0.15, -0.1) is 0 Å². The topological polar surface area (TPSA) is 24.9 Å². The van der Waals surface area contributed by atoms with Gasteiger partial charge in [-0.05, 0) is 37.1 Å². The van der Waals surface area contributed by atoms with E-state index in [1.165, 1.54) is 12.3 Å². The van der Waals surface area contributed by atoms with Crippen LogP contribution in [0.5, 0.6) is 0 Å². The van der Waals surface area contributed by atoms with Gasteiger partial charge in [0.1, 0.15) is 5.69 Å². The predicted octanol–water partition coefficient (Wildman–Crippen LogP) is 2.64. The van der Waals surface area contributed by atoms with Crippen LogP contribution in [0.4, 0.5) is 8.78 Å². The van der Waals surface area contributed by atoms with Crippen LogP contribution >= 0.6 is 11.6 Å². The zero-order chi connectivity index (χ0) is 13.0. The Morgan fingerprint density at radius 1 is 1.50 bits per heavy atom. The fraction of sp³-hybridized carbons (Fsp3) is 0.308. The molecule has 0 aromatic carbocycles. The fourth-order valence-corrected chi connectivity index (χ4v) is 1.77. The molecule has 5 heteroatoms. The second-order valence-corrected chi connectivity index (χ2v) is 4.37. The third-order valence-corrected chi connectivity index (χ3v) is 2.79. The minimum atomic E-state index is -2.81. The summed E-state index contributed by atoms with van der Waals surface area (Å²) in [6.45, 7) is 0.231. The molecule has 2 nitrogen and oxygen atoms in total. The first-order valence-electron chi connectivity index (χ1n) is 5.49. The molecule has 0 saturated carbocycles. The molecule has 1 aromatic rings. The molecule has 1 saturated heterocycles. The van der Waals surface area contributed by atoms with Crippen molar-refractivity contribution in [3.63, 3.8) is 0 Å². The molecule has 0 spiro atoms. The maximum atomic E-state index is 13.4. The smallest absolute Gasteiger partial charge is 0.282 e. The molecule has 0 amide bonds. The van der Waals surface area contributed by atoms with E-state index in [9.17, 15) is 8.78 Å². The minimum absolute atomic E-state index is 0.0655. The molecular weight excluding hydrogens is 258 g/mol. The van der Waals surface area contributed by atoms with Crippen molar-refractivity contribution in [1.29, 1.82) is 0 Å². The first-order valence-corrected chi connectivity index (χ1v) is 5.87. The SMILES string of the molecule is FC1(F)CNCC/C1=C\C#Cc1cc(Cl)ccn1. The van der Waals surface area contributed by atoms with Crippen LogP contribution in [0.15, 0.2) is 30.0 Å². The second-order valence-electron chi connectivity index (χ2n) is 3.93.